The van der Waals surface area contributed by atoms with Crippen molar-refractivity contribution in [2.75, 3.05) is 0 Å². The van der Waals surface area contributed by atoms with Crippen LogP contribution < -0.4 is 5.84 Å². The van der Waals surface area contributed by atoms with E-state index in [4.69, 9.17) is 5.84 Å². The molecule has 0 fully saturated rings. The fraction of sp³-hybridized carbons (Fsp3) is 0.125. The van der Waals surface area contributed by atoms with Gasteiger partial charge in [-0.2, -0.15) is 5.10 Å². The molecule has 2 N–H and O–H groups in total. The van der Waals surface area contributed by atoms with Crippen LogP contribution in [0.4, 0.5) is 4.39 Å². The van der Waals surface area contributed by atoms with E-state index in [-0.39, 0.29) is 5.82 Å². The Bertz CT molecular complexity index is 299. The Kier molecular flexibility index (Phi) is 3.22. The Labute approximate surface area is 78.4 Å². The molecule has 0 aromatic heterocycles. The summed E-state index contributed by atoms with van der Waals surface area (Å²) >= 11 is 3.24. The molecule has 0 saturated heterocycles. The van der Waals surface area contributed by atoms with Crippen LogP contribution in [0.2, 0.25) is 0 Å². The second-order valence-electron chi connectivity index (χ2n) is 2.25. The minimum Gasteiger partial charge on any atom is -0.323 e. The smallest absolute Gasteiger partial charge is 0.123 e. The van der Waals surface area contributed by atoms with Crippen LogP contribution in [0.5, 0.6) is 0 Å². The molecule has 4 heteroatoms. The number of benzene rings is 1. The molecule has 12 heavy (non-hydrogen) atoms. The van der Waals surface area contributed by atoms with Gasteiger partial charge in [-0.3, -0.25) is 0 Å². The third-order valence-electron chi connectivity index (χ3n) is 1.46. The molecule has 0 aliphatic carbocycles. The van der Waals surface area contributed by atoms with E-state index in [0.717, 1.165) is 11.1 Å². The molecule has 0 spiro atoms. The summed E-state index contributed by atoms with van der Waals surface area (Å²) in [6.45, 7) is 0. The van der Waals surface area contributed by atoms with Crippen molar-refractivity contribution in [2.24, 2.45) is 10.9 Å². The summed E-state index contributed by atoms with van der Waals surface area (Å²) in [4.78, 5) is 0. The lowest BCUT2D eigenvalue weighted by Crippen LogP contribution is -1.93. The number of halogens is 2. The maximum Gasteiger partial charge on any atom is 0.123 e. The van der Waals surface area contributed by atoms with Crippen LogP contribution in [0.3, 0.4) is 0 Å². The summed E-state index contributed by atoms with van der Waals surface area (Å²) < 4.78 is 12.7. The van der Waals surface area contributed by atoms with Gasteiger partial charge in [-0.25, -0.2) is 4.39 Å². The SMILES string of the molecule is NN=Cc1ccc(F)cc1CBr. The average molecular weight is 231 g/mol. The third-order valence-corrected chi connectivity index (χ3v) is 2.07. The summed E-state index contributed by atoms with van der Waals surface area (Å²) in [5, 5.41) is 3.97. The standard InChI is InChI=1S/C8H8BrFN2/c9-4-7-3-8(10)2-1-6(7)5-12-11/h1-3,5H,4,11H2. The third kappa shape index (κ3) is 2.04. The van der Waals surface area contributed by atoms with Crippen LogP contribution in [0, 0.1) is 5.82 Å². The highest BCUT2D eigenvalue weighted by Crippen LogP contribution is 2.12. The van der Waals surface area contributed by atoms with Gasteiger partial charge in [0.1, 0.15) is 5.82 Å². The number of hydrogen-bond acceptors (Lipinski definition) is 2. The van der Waals surface area contributed by atoms with E-state index in [0.29, 0.717) is 5.33 Å². The lowest BCUT2D eigenvalue weighted by molar-refractivity contribution is 0.626. The zero-order valence-corrected chi connectivity index (χ0v) is 7.88. The molecule has 0 aliphatic rings. The fourth-order valence-corrected chi connectivity index (χ4v) is 1.38. The summed E-state index contributed by atoms with van der Waals surface area (Å²) in [6.07, 6.45) is 1.50. The molecule has 64 valence electrons. The Balaban J connectivity index is 3.10. The molecule has 0 aliphatic heterocycles. The molecular formula is C8H8BrFN2. The largest absolute Gasteiger partial charge is 0.323 e. The first-order valence-electron chi connectivity index (χ1n) is 3.35. The number of hydrazone groups is 1. The Morgan fingerprint density at radius 2 is 2.33 bits per heavy atom. The molecular weight excluding hydrogens is 223 g/mol. The zero-order chi connectivity index (χ0) is 8.97. The van der Waals surface area contributed by atoms with Crippen LogP contribution in [-0.2, 0) is 5.33 Å². The quantitative estimate of drug-likeness (QED) is 0.359. The van der Waals surface area contributed by atoms with E-state index in [1.54, 1.807) is 6.07 Å². The van der Waals surface area contributed by atoms with Crippen molar-refractivity contribution in [3.63, 3.8) is 0 Å². The van der Waals surface area contributed by atoms with Crippen LogP contribution in [0.15, 0.2) is 23.3 Å². The van der Waals surface area contributed by atoms with Gasteiger partial charge in [0.25, 0.3) is 0 Å². The summed E-state index contributed by atoms with van der Waals surface area (Å²) in [5.41, 5.74) is 1.67. The zero-order valence-electron chi connectivity index (χ0n) is 6.30. The predicted octanol–water partition coefficient (Wildman–Crippen LogP) is 2.01. The van der Waals surface area contributed by atoms with Gasteiger partial charge < -0.3 is 5.84 Å². The fourth-order valence-electron chi connectivity index (χ4n) is 0.896. The van der Waals surface area contributed by atoms with Gasteiger partial charge in [-0.15, -0.1) is 0 Å². The molecule has 0 amide bonds. The normalized spacial score (nSPS) is 10.8. The maximum absolute atomic E-state index is 12.7. The molecule has 0 bridgehead atoms. The Morgan fingerprint density at radius 3 is 2.92 bits per heavy atom. The van der Waals surface area contributed by atoms with E-state index in [2.05, 4.69) is 21.0 Å². The van der Waals surface area contributed by atoms with Gasteiger partial charge >= 0.3 is 0 Å². The van der Waals surface area contributed by atoms with Crippen molar-refractivity contribution in [3.05, 3.63) is 35.1 Å². The van der Waals surface area contributed by atoms with E-state index in [9.17, 15) is 4.39 Å². The summed E-state index contributed by atoms with van der Waals surface area (Å²) in [7, 11) is 0. The monoisotopic (exact) mass is 230 g/mol. The molecule has 1 aromatic carbocycles. The number of nitrogens with two attached hydrogens (primary N) is 1. The van der Waals surface area contributed by atoms with Gasteiger partial charge in [0, 0.05) is 5.33 Å². The second kappa shape index (κ2) is 4.21. The molecule has 1 rings (SSSR count). The lowest BCUT2D eigenvalue weighted by Gasteiger charge is -2.00. The summed E-state index contributed by atoms with van der Waals surface area (Å²) in [5.74, 6) is 4.73. The van der Waals surface area contributed by atoms with E-state index in [1.165, 1.54) is 18.3 Å². The second-order valence-corrected chi connectivity index (χ2v) is 2.82. The summed E-state index contributed by atoms with van der Waals surface area (Å²) in [6, 6.07) is 4.47. The van der Waals surface area contributed by atoms with Crippen molar-refractivity contribution in [3.8, 4) is 0 Å². The van der Waals surface area contributed by atoms with Gasteiger partial charge in [0.2, 0.25) is 0 Å². The first kappa shape index (κ1) is 9.19. The highest BCUT2D eigenvalue weighted by Gasteiger charge is 1.99. The van der Waals surface area contributed by atoms with Crippen LogP contribution >= 0.6 is 15.9 Å². The average Bonchev–Trinajstić information content (AvgIpc) is 2.08. The minimum absolute atomic E-state index is 0.251. The van der Waals surface area contributed by atoms with Crippen LogP contribution in [0.25, 0.3) is 0 Å². The number of nitrogens with zero attached hydrogens (tertiary/aromatic N) is 1. The number of alkyl halides is 1. The highest BCUT2D eigenvalue weighted by molar-refractivity contribution is 9.08. The molecule has 0 heterocycles. The lowest BCUT2D eigenvalue weighted by atomic mass is 10.1. The first-order chi connectivity index (χ1) is 5.77. The minimum atomic E-state index is -0.251. The highest BCUT2D eigenvalue weighted by atomic mass is 79.9. The topological polar surface area (TPSA) is 38.4 Å². The Hall–Kier alpha value is -0.900. The van der Waals surface area contributed by atoms with Crippen molar-refractivity contribution < 1.29 is 4.39 Å². The van der Waals surface area contributed by atoms with Gasteiger partial charge in [-0.05, 0) is 23.3 Å². The van der Waals surface area contributed by atoms with Crippen molar-refractivity contribution >= 4 is 22.1 Å². The molecule has 0 saturated carbocycles. The van der Waals surface area contributed by atoms with Gasteiger partial charge in [-0.1, -0.05) is 22.0 Å². The first-order valence-corrected chi connectivity index (χ1v) is 4.47. The van der Waals surface area contributed by atoms with Crippen LogP contribution in [-0.4, -0.2) is 6.21 Å². The molecule has 0 radical (unpaired) electrons. The number of rotatable bonds is 2. The maximum atomic E-state index is 12.7. The molecule has 0 atom stereocenters. The van der Waals surface area contributed by atoms with Gasteiger partial charge in [0.15, 0.2) is 0 Å². The van der Waals surface area contributed by atoms with E-state index >= 15 is 0 Å². The molecule has 2 nitrogen and oxygen atoms in total. The molecule has 0 unspecified atom stereocenters. The van der Waals surface area contributed by atoms with Gasteiger partial charge in [0.05, 0.1) is 6.21 Å². The predicted molar refractivity (Wildman–Crippen MR) is 50.8 cm³/mol. The van der Waals surface area contributed by atoms with Crippen molar-refractivity contribution in [1.82, 2.24) is 0 Å². The Morgan fingerprint density at radius 1 is 1.58 bits per heavy atom. The van der Waals surface area contributed by atoms with E-state index in [1.807, 2.05) is 0 Å². The van der Waals surface area contributed by atoms with E-state index < -0.39 is 0 Å². The molecule has 1 aromatic rings. The van der Waals surface area contributed by atoms with Crippen molar-refractivity contribution in [1.29, 1.82) is 0 Å². The number of hydrogen-bond donors (Lipinski definition) is 1. The van der Waals surface area contributed by atoms with Crippen molar-refractivity contribution in [2.45, 2.75) is 5.33 Å². The van der Waals surface area contributed by atoms with Crippen LogP contribution in [0.1, 0.15) is 11.1 Å².